The van der Waals surface area contributed by atoms with Gasteiger partial charge in [-0.05, 0) is 50.9 Å². The highest BCUT2D eigenvalue weighted by molar-refractivity contribution is 7.17. The van der Waals surface area contributed by atoms with Crippen LogP contribution in [0.15, 0.2) is 24.5 Å². The molecule has 0 aromatic carbocycles. The smallest absolute Gasteiger partial charge is 0.347 e. The lowest BCUT2D eigenvalue weighted by atomic mass is 10.2. The summed E-state index contributed by atoms with van der Waals surface area (Å²) in [5.41, 5.74) is 2.71. The van der Waals surface area contributed by atoms with Gasteiger partial charge >= 0.3 is 5.97 Å². The number of anilines is 4. The van der Waals surface area contributed by atoms with Gasteiger partial charge in [-0.25, -0.2) is 9.78 Å². The average molecular weight is 495 g/mol. The van der Waals surface area contributed by atoms with E-state index in [0.29, 0.717) is 29.4 Å². The van der Waals surface area contributed by atoms with Crippen LogP contribution in [0.5, 0.6) is 0 Å². The summed E-state index contributed by atoms with van der Waals surface area (Å²) in [5.74, 6) is 1.15. The molecule has 10 nitrogen and oxygen atoms in total. The summed E-state index contributed by atoms with van der Waals surface area (Å²) in [7, 11) is 0. The molecule has 0 aliphatic carbocycles. The van der Waals surface area contributed by atoms with Crippen LogP contribution < -0.4 is 15.5 Å². The average Bonchev–Trinajstić information content (AvgIpc) is 3.57. The van der Waals surface area contributed by atoms with Crippen molar-refractivity contribution < 1.29 is 9.90 Å². The number of carbonyl (C=O) groups is 1. The molecule has 0 radical (unpaired) electrons. The highest BCUT2D eigenvalue weighted by atomic mass is 32.1. The first-order valence-corrected chi connectivity index (χ1v) is 12.8. The summed E-state index contributed by atoms with van der Waals surface area (Å²) >= 11 is 1.09. The number of fused-ring (bicyclic) bond motifs is 1. The van der Waals surface area contributed by atoms with E-state index in [1.807, 2.05) is 12.3 Å². The standard InChI is InChI=1S/C24H30N8O2S/c1-3-31-10-5-7-17(31)13-26-20-18-8-11-32(14-16-6-4-9-25-12-16)21(18)29-23(28-20)30-24-27-15(2)19(35-24)22(33)34/h4,6,9,12,17H,3,5,7-8,10-11,13-14H2,1-2H3,(H,33,34)(H2,26,27,28,29,30). The van der Waals surface area contributed by atoms with E-state index in [1.54, 1.807) is 13.1 Å². The lowest BCUT2D eigenvalue weighted by Gasteiger charge is -2.24. The van der Waals surface area contributed by atoms with Gasteiger partial charge in [0.25, 0.3) is 0 Å². The molecule has 3 aromatic heterocycles. The fraction of sp³-hybridized carbons (Fsp3) is 0.458. The van der Waals surface area contributed by atoms with Gasteiger partial charge in [-0.15, -0.1) is 0 Å². The summed E-state index contributed by atoms with van der Waals surface area (Å²) in [4.78, 5) is 34.7. The van der Waals surface area contributed by atoms with Crippen molar-refractivity contribution in [3.05, 3.63) is 46.2 Å². The summed E-state index contributed by atoms with van der Waals surface area (Å²) in [5, 5.41) is 16.6. The third-order valence-electron chi connectivity index (χ3n) is 6.63. The van der Waals surface area contributed by atoms with Crippen molar-refractivity contribution in [2.75, 3.05) is 41.7 Å². The van der Waals surface area contributed by atoms with E-state index in [9.17, 15) is 9.90 Å². The van der Waals surface area contributed by atoms with Gasteiger partial charge in [-0.3, -0.25) is 15.2 Å². The van der Waals surface area contributed by atoms with Gasteiger partial charge in [0.1, 0.15) is 16.5 Å². The number of pyridine rings is 1. The summed E-state index contributed by atoms with van der Waals surface area (Å²) in [6.45, 7) is 8.49. The van der Waals surface area contributed by atoms with Gasteiger partial charge in [0.15, 0.2) is 5.13 Å². The lowest BCUT2D eigenvalue weighted by Crippen LogP contribution is -2.35. The number of nitrogens with one attached hydrogen (secondary N) is 2. The van der Waals surface area contributed by atoms with Gasteiger partial charge in [-0.1, -0.05) is 24.3 Å². The molecule has 1 saturated heterocycles. The van der Waals surface area contributed by atoms with Crippen molar-refractivity contribution in [1.29, 1.82) is 0 Å². The van der Waals surface area contributed by atoms with Crippen LogP contribution in [0.1, 0.15) is 46.3 Å². The number of nitrogens with zero attached hydrogens (tertiary/aromatic N) is 6. The Kier molecular flexibility index (Phi) is 6.78. The second-order valence-corrected chi connectivity index (χ2v) is 9.90. The van der Waals surface area contributed by atoms with E-state index in [2.05, 4.69) is 43.4 Å². The highest BCUT2D eigenvalue weighted by Gasteiger charge is 2.28. The number of likely N-dealkylation sites (N-methyl/N-ethyl adjacent to an activating group) is 1. The van der Waals surface area contributed by atoms with Crippen molar-refractivity contribution in [1.82, 2.24) is 24.8 Å². The van der Waals surface area contributed by atoms with E-state index in [4.69, 9.17) is 9.97 Å². The maximum Gasteiger partial charge on any atom is 0.347 e. The zero-order valence-corrected chi connectivity index (χ0v) is 20.8. The number of aromatic nitrogens is 4. The van der Waals surface area contributed by atoms with Crippen LogP contribution in [0, 0.1) is 6.92 Å². The number of carboxylic acid groups (broad SMARTS) is 1. The molecule has 1 atom stereocenters. The van der Waals surface area contributed by atoms with Crippen LogP contribution in [0.3, 0.4) is 0 Å². The molecule has 5 heterocycles. The van der Waals surface area contributed by atoms with Crippen molar-refractivity contribution in [2.45, 2.75) is 45.7 Å². The van der Waals surface area contributed by atoms with Crippen LogP contribution in [0.4, 0.5) is 22.7 Å². The van der Waals surface area contributed by atoms with Crippen LogP contribution in [0.2, 0.25) is 0 Å². The van der Waals surface area contributed by atoms with Gasteiger partial charge in [0.05, 0.1) is 5.69 Å². The predicted octanol–water partition coefficient (Wildman–Crippen LogP) is 3.54. The van der Waals surface area contributed by atoms with Gasteiger partial charge in [0.2, 0.25) is 5.95 Å². The van der Waals surface area contributed by atoms with Crippen LogP contribution in [-0.4, -0.2) is 68.1 Å². The lowest BCUT2D eigenvalue weighted by molar-refractivity contribution is 0.0701. The Morgan fingerprint density at radius 2 is 2.17 bits per heavy atom. The Morgan fingerprint density at radius 1 is 1.29 bits per heavy atom. The van der Waals surface area contributed by atoms with Crippen LogP contribution in [-0.2, 0) is 13.0 Å². The minimum Gasteiger partial charge on any atom is -0.477 e. The molecule has 0 amide bonds. The number of likely N-dealkylation sites (tertiary alicyclic amines) is 1. The van der Waals surface area contributed by atoms with Crippen molar-refractivity contribution in [3.8, 4) is 0 Å². The largest absolute Gasteiger partial charge is 0.477 e. The zero-order chi connectivity index (χ0) is 24.4. The second kappa shape index (κ2) is 10.1. The minimum absolute atomic E-state index is 0.214. The molecule has 11 heteroatoms. The summed E-state index contributed by atoms with van der Waals surface area (Å²) < 4.78 is 0. The summed E-state index contributed by atoms with van der Waals surface area (Å²) in [6.07, 6.45) is 6.92. The third kappa shape index (κ3) is 5.06. The minimum atomic E-state index is -0.982. The molecule has 2 aliphatic heterocycles. The fourth-order valence-corrected chi connectivity index (χ4v) is 5.68. The topological polar surface area (TPSA) is 119 Å². The SMILES string of the molecule is CCN1CCCC1CNc1nc(Nc2nc(C)c(C(=O)O)s2)nc2c1CCN2Cc1cccnc1. The third-order valence-corrected chi connectivity index (χ3v) is 7.69. The Bertz CT molecular complexity index is 1200. The fourth-order valence-electron chi connectivity index (χ4n) is 4.89. The van der Waals surface area contributed by atoms with Gasteiger partial charge in [-0.2, -0.15) is 9.97 Å². The number of aromatic carboxylic acids is 1. The monoisotopic (exact) mass is 494 g/mol. The van der Waals surface area contributed by atoms with E-state index in [-0.39, 0.29) is 4.88 Å². The number of thiazole rings is 1. The molecule has 0 spiro atoms. The first kappa shape index (κ1) is 23.4. The van der Waals surface area contributed by atoms with Crippen LogP contribution >= 0.6 is 11.3 Å². The quantitative estimate of drug-likeness (QED) is 0.407. The molecular formula is C24H30N8O2S. The Balaban J connectivity index is 1.43. The molecule has 1 fully saturated rings. The van der Waals surface area contributed by atoms with Crippen molar-refractivity contribution in [3.63, 3.8) is 0 Å². The van der Waals surface area contributed by atoms with Gasteiger partial charge < -0.3 is 15.3 Å². The molecule has 3 aromatic rings. The molecule has 3 N–H and O–H groups in total. The molecule has 2 aliphatic rings. The van der Waals surface area contributed by atoms with E-state index < -0.39 is 5.97 Å². The first-order valence-electron chi connectivity index (χ1n) is 12.0. The highest BCUT2D eigenvalue weighted by Crippen LogP contribution is 2.35. The van der Waals surface area contributed by atoms with Crippen LogP contribution in [0.25, 0.3) is 0 Å². The molecule has 0 bridgehead atoms. The maximum atomic E-state index is 11.5. The zero-order valence-electron chi connectivity index (χ0n) is 20.0. The Hall–Kier alpha value is -3.31. The normalized spacial score (nSPS) is 17.5. The second-order valence-electron chi connectivity index (χ2n) is 8.90. The number of carboxylic acids is 1. The summed E-state index contributed by atoms with van der Waals surface area (Å²) in [6, 6.07) is 4.50. The van der Waals surface area contributed by atoms with E-state index in [0.717, 1.165) is 66.7 Å². The molecule has 35 heavy (non-hydrogen) atoms. The predicted molar refractivity (Wildman–Crippen MR) is 137 cm³/mol. The first-order chi connectivity index (χ1) is 17.0. The van der Waals surface area contributed by atoms with Crippen molar-refractivity contribution in [2.24, 2.45) is 0 Å². The number of hydrogen-bond acceptors (Lipinski definition) is 10. The number of rotatable bonds is 9. The Labute approximate surface area is 208 Å². The van der Waals surface area contributed by atoms with E-state index >= 15 is 0 Å². The van der Waals surface area contributed by atoms with Crippen molar-refractivity contribution >= 4 is 40.0 Å². The molecule has 0 saturated carbocycles. The van der Waals surface area contributed by atoms with E-state index in [1.165, 1.54) is 12.8 Å². The Morgan fingerprint density at radius 3 is 2.91 bits per heavy atom. The molecule has 1 unspecified atom stereocenters. The van der Waals surface area contributed by atoms with Gasteiger partial charge in [0, 0.05) is 43.6 Å². The molecule has 184 valence electrons. The maximum absolute atomic E-state index is 11.5. The number of aryl methyl sites for hydroxylation is 1. The molecule has 5 rings (SSSR count). The molecular weight excluding hydrogens is 464 g/mol. The number of hydrogen-bond donors (Lipinski definition) is 3.